The number of carbonyl (C=O) groups excluding carboxylic acids is 1. The van der Waals surface area contributed by atoms with E-state index in [1.807, 2.05) is 0 Å². The van der Waals surface area contributed by atoms with Gasteiger partial charge >= 0.3 is 6.09 Å². The van der Waals surface area contributed by atoms with Crippen molar-refractivity contribution >= 4 is 6.09 Å². The predicted octanol–water partition coefficient (Wildman–Crippen LogP) is 1.87. The fraction of sp³-hybridized carbons (Fsp3) is 0.364. The van der Waals surface area contributed by atoms with Gasteiger partial charge in [0, 0.05) is 7.05 Å². The van der Waals surface area contributed by atoms with Gasteiger partial charge in [-0.2, -0.15) is 0 Å². The summed E-state index contributed by atoms with van der Waals surface area (Å²) in [6.45, 7) is 2.04. The third kappa shape index (κ3) is 3.76. The van der Waals surface area contributed by atoms with Crippen LogP contribution in [0.25, 0.3) is 0 Å². The molecule has 0 atom stereocenters. The summed E-state index contributed by atoms with van der Waals surface area (Å²) in [5.74, 6) is 0.286. The number of benzene rings is 1. The summed E-state index contributed by atoms with van der Waals surface area (Å²) in [6, 6.07) is 4.46. The van der Waals surface area contributed by atoms with Crippen LogP contribution in [0.2, 0.25) is 0 Å². The Hall–Kier alpha value is -1.78. The van der Waals surface area contributed by atoms with Gasteiger partial charge in [-0.1, -0.05) is 0 Å². The zero-order valence-electron chi connectivity index (χ0n) is 9.25. The fourth-order valence-electron chi connectivity index (χ4n) is 1.07. The minimum atomic E-state index is -0.501. The first-order valence-corrected chi connectivity index (χ1v) is 4.87. The number of aryl methyl sites for hydroxylation is 1. The highest BCUT2D eigenvalue weighted by atomic mass is 19.1. The van der Waals surface area contributed by atoms with Crippen molar-refractivity contribution in [1.29, 1.82) is 0 Å². The van der Waals surface area contributed by atoms with Gasteiger partial charge in [0.05, 0.1) is 0 Å². The van der Waals surface area contributed by atoms with E-state index in [9.17, 15) is 9.18 Å². The maximum atomic E-state index is 12.9. The van der Waals surface area contributed by atoms with Crippen LogP contribution in [0.3, 0.4) is 0 Å². The Morgan fingerprint density at radius 2 is 2.19 bits per heavy atom. The number of hydrogen-bond donors (Lipinski definition) is 1. The molecule has 1 rings (SSSR count). The zero-order chi connectivity index (χ0) is 12.0. The third-order valence-electron chi connectivity index (χ3n) is 1.92. The molecule has 0 aromatic heterocycles. The van der Waals surface area contributed by atoms with E-state index >= 15 is 0 Å². The lowest BCUT2D eigenvalue weighted by molar-refractivity contribution is 0.127. The van der Waals surface area contributed by atoms with Crippen LogP contribution in [-0.2, 0) is 4.74 Å². The van der Waals surface area contributed by atoms with E-state index in [1.54, 1.807) is 13.0 Å². The third-order valence-corrected chi connectivity index (χ3v) is 1.92. The first kappa shape index (κ1) is 12.3. The molecule has 16 heavy (non-hydrogen) atoms. The van der Waals surface area contributed by atoms with Gasteiger partial charge in [0.25, 0.3) is 0 Å². The highest BCUT2D eigenvalue weighted by Gasteiger charge is 2.01. The van der Waals surface area contributed by atoms with Gasteiger partial charge in [0.2, 0.25) is 0 Å². The second-order valence-electron chi connectivity index (χ2n) is 3.15. The van der Waals surface area contributed by atoms with Gasteiger partial charge in [-0.15, -0.1) is 0 Å². The van der Waals surface area contributed by atoms with Crippen LogP contribution >= 0.6 is 0 Å². The molecule has 0 bridgehead atoms. The maximum absolute atomic E-state index is 12.9. The zero-order valence-corrected chi connectivity index (χ0v) is 9.25. The van der Waals surface area contributed by atoms with Gasteiger partial charge in [-0.05, 0) is 30.7 Å². The summed E-state index contributed by atoms with van der Waals surface area (Å²) in [4.78, 5) is 10.7. The quantitative estimate of drug-likeness (QED) is 0.799. The highest BCUT2D eigenvalue weighted by molar-refractivity contribution is 5.66. The van der Waals surface area contributed by atoms with Gasteiger partial charge in [0.15, 0.2) is 0 Å². The summed E-state index contributed by atoms with van der Waals surface area (Å²) >= 11 is 0. The molecular weight excluding hydrogens is 213 g/mol. The summed E-state index contributed by atoms with van der Waals surface area (Å²) < 4.78 is 22.9. The molecule has 4 nitrogen and oxygen atoms in total. The van der Waals surface area contributed by atoms with E-state index in [1.165, 1.54) is 19.2 Å². The Balaban J connectivity index is 2.32. The van der Waals surface area contributed by atoms with Gasteiger partial charge in [-0.25, -0.2) is 9.18 Å². The lowest BCUT2D eigenvalue weighted by Gasteiger charge is -2.07. The van der Waals surface area contributed by atoms with Crippen LogP contribution in [0.4, 0.5) is 9.18 Å². The largest absolute Gasteiger partial charge is 0.490 e. The van der Waals surface area contributed by atoms with Crippen LogP contribution in [0.5, 0.6) is 5.75 Å². The minimum absolute atomic E-state index is 0.149. The molecule has 1 aromatic carbocycles. The molecule has 1 amide bonds. The van der Waals surface area contributed by atoms with Gasteiger partial charge in [-0.3, -0.25) is 0 Å². The van der Waals surface area contributed by atoms with Crippen LogP contribution in [0, 0.1) is 12.7 Å². The summed E-state index contributed by atoms with van der Waals surface area (Å²) in [7, 11) is 1.48. The second kappa shape index (κ2) is 5.95. The van der Waals surface area contributed by atoms with Crippen molar-refractivity contribution in [2.75, 3.05) is 20.3 Å². The van der Waals surface area contributed by atoms with E-state index in [0.29, 0.717) is 11.3 Å². The number of hydrogen-bond acceptors (Lipinski definition) is 3. The Labute approximate surface area is 93.4 Å². The average Bonchev–Trinajstić information content (AvgIpc) is 2.28. The molecule has 1 aromatic rings. The van der Waals surface area contributed by atoms with E-state index in [2.05, 4.69) is 5.32 Å². The number of nitrogens with one attached hydrogen (secondary N) is 1. The van der Waals surface area contributed by atoms with E-state index < -0.39 is 6.09 Å². The molecule has 0 unspecified atom stereocenters. The fourth-order valence-corrected chi connectivity index (χ4v) is 1.07. The van der Waals surface area contributed by atoms with Crippen molar-refractivity contribution in [1.82, 2.24) is 5.32 Å². The lowest BCUT2D eigenvalue weighted by Crippen LogP contribution is -2.21. The van der Waals surface area contributed by atoms with Crippen molar-refractivity contribution < 1.29 is 18.7 Å². The molecule has 0 aliphatic carbocycles. The molecule has 0 radical (unpaired) electrons. The van der Waals surface area contributed by atoms with Gasteiger partial charge < -0.3 is 14.8 Å². The molecule has 1 N–H and O–H groups in total. The van der Waals surface area contributed by atoms with Crippen LogP contribution in [0.15, 0.2) is 18.2 Å². The minimum Gasteiger partial charge on any atom is -0.490 e. The second-order valence-corrected chi connectivity index (χ2v) is 3.15. The first-order valence-electron chi connectivity index (χ1n) is 4.87. The standard InChI is InChI=1S/C11H14FNO3/c1-8-7-9(3-4-10(8)12)15-5-6-16-11(14)13-2/h3-4,7H,5-6H2,1-2H3,(H,13,14). The van der Waals surface area contributed by atoms with E-state index in [4.69, 9.17) is 9.47 Å². The first-order chi connectivity index (χ1) is 7.63. The number of carbonyl (C=O) groups is 1. The van der Waals surface area contributed by atoms with Gasteiger partial charge in [0.1, 0.15) is 24.8 Å². The van der Waals surface area contributed by atoms with Crippen molar-refractivity contribution in [2.45, 2.75) is 6.92 Å². The topological polar surface area (TPSA) is 47.6 Å². The Bertz CT molecular complexity index is 368. The van der Waals surface area contributed by atoms with Crippen LogP contribution < -0.4 is 10.1 Å². The van der Waals surface area contributed by atoms with Crippen molar-refractivity contribution in [3.63, 3.8) is 0 Å². The van der Waals surface area contributed by atoms with E-state index in [-0.39, 0.29) is 19.0 Å². The molecular formula is C11H14FNO3. The smallest absolute Gasteiger partial charge is 0.406 e. The van der Waals surface area contributed by atoms with Crippen molar-refractivity contribution in [2.24, 2.45) is 0 Å². The Kier molecular flexibility index (Phi) is 4.57. The predicted molar refractivity (Wildman–Crippen MR) is 57.0 cm³/mol. The molecule has 5 heteroatoms. The molecule has 0 fully saturated rings. The molecule has 0 heterocycles. The SMILES string of the molecule is CNC(=O)OCCOc1ccc(F)c(C)c1. The van der Waals surface area contributed by atoms with Crippen molar-refractivity contribution in [3.05, 3.63) is 29.6 Å². The Morgan fingerprint density at radius 1 is 1.44 bits per heavy atom. The number of alkyl carbamates (subject to hydrolysis) is 1. The summed E-state index contributed by atoms with van der Waals surface area (Å²) in [6.07, 6.45) is -0.501. The molecule has 0 aliphatic heterocycles. The molecule has 0 saturated carbocycles. The Morgan fingerprint density at radius 3 is 2.81 bits per heavy atom. The monoisotopic (exact) mass is 227 g/mol. The maximum Gasteiger partial charge on any atom is 0.406 e. The van der Waals surface area contributed by atoms with Crippen LogP contribution in [-0.4, -0.2) is 26.4 Å². The normalized spacial score (nSPS) is 9.69. The number of amides is 1. The van der Waals surface area contributed by atoms with Crippen molar-refractivity contribution in [3.8, 4) is 5.75 Å². The molecule has 0 saturated heterocycles. The number of ether oxygens (including phenoxy) is 2. The molecule has 0 spiro atoms. The molecule has 88 valence electrons. The number of rotatable bonds is 4. The summed E-state index contributed by atoms with van der Waals surface area (Å²) in [5, 5.41) is 2.31. The van der Waals surface area contributed by atoms with E-state index in [0.717, 1.165) is 0 Å². The van der Waals surface area contributed by atoms with Crippen LogP contribution in [0.1, 0.15) is 5.56 Å². The number of halogens is 1. The lowest BCUT2D eigenvalue weighted by atomic mass is 10.2. The summed E-state index contributed by atoms with van der Waals surface area (Å²) in [5.41, 5.74) is 0.518. The average molecular weight is 227 g/mol. The highest BCUT2D eigenvalue weighted by Crippen LogP contribution is 2.15. The molecule has 0 aliphatic rings.